The number of aromatic amines is 1. The SMILES string of the molecule is CCCCCn1c(CSc2nc3nc(C)c(CCCC)c(C)n3n2)nc2c1c(=O)[nH]c(=O)n2Cc1ccc(Cl)cc1. The molecule has 10 nitrogen and oxygen atoms in total. The molecule has 0 aliphatic heterocycles. The molecule has 0 atom stereocenters. The van der Waals surface area contributed by atoms with Gasteiger partial charge in [0.25, 0.3) is 11.3 Å². The van der Waals surface area contributed by atoms with Crippen LogP contribution in [0.25, 0.3) is 16.9 Å². The minimum Gasteiger partial charge on any atom is -0.321 e. The van der Waals surface area contributed by atoms with Crippen LogP contribution in [-0.2, 0) is 25.3 Å². The number of nitrogens with one attached hydrogen (secondary N) is 1. The molecule has 0 unspecified atom stereocenters. The van der Waals surface area contributed by atoms with E-state index >= 15 is 0 Å². The standard InChI is InChI=1S/C29H35ClN8O2S/c1-5-7-9-15-36-23(17-41-28-34-27-31-18(3)22(10-8-6-2)19(4)38(27)35-28)32-25-24(36)26(39)33-29(40)37(25)16-20-11-13-21(30)14-12-20/h11-14H,5-10,15-17H2,1-4H3,(H,33,39,40). The van der Waals surface area contributed by atoms with Crippen LogP contribution in [0.2, 0.25) is 5.02 Å². The second kappa shape index (κ2) is 12.6. The second-order valence-corrected chi connectivity index (χ2v) is 11.7. The fraction of sp³-hybridized carbons (Fsp3) is 0.448. The number of fused-ring (bicyclic) bond motifs is 2. The summed E-state index contributed by atoms with van der Waals surface area (Å²) in [4.78, 5) is 42.8. The number of H-pyrrole nitrogens is 1. The number of benzene rings is 1. The molecule has 4 aromatic heterocycles. The van der Waals surface area contributed by atoms with Crippen molar-refractivity contribution >= 4 is 40.3 Å². The summed E-state index contributed by atoms with van der Waals surface area (Å²) in [7, 11) is 0. The van der Waals surface area contributed by atoms with Gasteiger partial charge in [0.2, 0.25) is 5.16 Å². The molecule has 0 bridgehead atoms. The van der Waals surface area contributed by atoms with Crippen molar-refractivity contribution in [3.8, 4) is 0 Å². The van der Waals surface area contributed by atoms with Crippen molar-refractivity contribution < 1.29 is 0 Å². The van der Waals surface area contributed by atoms with Gasteiger partial charge in [0, 0.05) is 23.0 Å². The predicted octanol–water partition coefficient (Wildman–Crippen LogP) is 5.47. The van der Waals surface area contributed by atoms with Crippen LogP contribution in [0.5, 0.6) is 0 Å². The maximum absolute atomic E-state index is 13.1. The lowest BCUT2D eigenvalue weighted by molar-refractivity contribution is 0.599. The van der Waals surface area contributed by atoms with Crippen LogP contribution < -0.4 is 11.2 Å². The average Bonchev–Trinajstić information content (AvgIpc) is 3.52. The number of rotatable bonds is 12. The summed E-state index contributed by atoms with van der Waals surface area (Å²) in [6.07, 6.45) is 6.14. The maximum atomic E-state index is 13.1. The zero-order valence-electron chi connectivity index (χ0n) is 23.9. The Labute approximate surface area is 247 Å². The van der Waals surface area contributed by atoms with E-state index in [1.54, 1.807) is 12.1 Å². The normalized spacial score (nSPS) is 11.7. The second-order valence-electron chi connectivity index (χ2n) is 10.3. The molecule has 4 heterocycles. The highest BCUT2D eigenvalue weighted by Crippen LogP contribution is 2.24. The smallest absolute Gasteiger partial charge is 0.321 e. The largest absolute Gasteiger partial charge is 0.330 e. The van der Waals surface area contributed by atoms with Crippen molar-refractivity contribution in [2.45, 2.75) is 90.2 Å². The number of hydrogen-bond acceptors (Lipinski definition) is 7. The fourth-order valence-electron chi connectivity index (χ4n) is 5.10. The summed E-state index contributed by atoms with van der Waals surface area (Å²) in [5.74, 6) is 1.71. The molecule has 1 aromatic carbocycles. The van der Waals surface area contributed by atoms with E-state index in [-0.39, 0.29) is 6.54 Å². The third kappa shape index (κ3) is 6.11. The number of thioether (sulfide) groups is 1. The van der Waals surface area contributed by atoms with Crippen LogP contribution in [-0.4, -0.2) is 38.7 Å². The van der Waals surface area contributed by atoms with Crippen LogP contribution in [0.1, 0.15) is 74.3 Å². The molecule has 5 rings (SSSR count). The lowest BCUT2D eigenvalue weighted by Gasteiger charge is -2.09. The highest BCUT2D eigenvalue weighted by Gasteiger charge is 2.20. The van der Waals surface area contributed by atoms with Crippen LogP contribution >= 0.6 is 23.4 Å². The Balaban J connectivity index is 1.51. The van der Waals surface area contributed by atoms with Crippen molar-refractivity contribution in [3.05, 3.63) is 78.5 Å². The minimum absolute atomic E-state index is 0.264. The number of imidazole rings is 1. The third-order valence-corrected chi connectivity index (χ3v) is 8.43. The van der Waals surface area contributed by atoms with Crippen LogP contribution in [0, 0.1) is 13.8 Å². The summed E-state index contributed by atoms with van der Waals surface area (Å²) in [6.45, 7) is 9.30. The highest BCUT2D eigenvalue weighted by atomic mass is 35.5. The molecule has 1 N–H and O–H groups in total. The van der Waals surface area contributed by atoms with Gasteiger partial charge in [0.05, 0.1) is 12.3 Å². The van der Waals surface area contributed by atoms with E-state index in [1.165, 1.54) is 21.9 Å². The van der Waals surface area contributed by atoms with Gasteiger partial charge in [-0.1, -0.05) is 68.6 Å². The molecule has 12 heteroatoms. The highest BCUT2D eigenvalue weighted by molar-refractivity contribution is 7.98. The molecule has 0 aliphatic carbocycles. The molecule has 0 aliphatic rings. The van der Waals surface area contributed by atoms with Crippen LogP contribution in [0.3, 0.4) is 0 Å². The Hall–Kier alpha value is -3.44. The summed E-state index contributed by atoms with van der Waals surface area (Å²) < 4.78 is 5.28. The summed E-state index contributed by atoms with van der Waals surface area (Å²) in [6, 6.07) is 7.29. The molecule has 5 aromatic rings. The van der Waals surface area contributed by atoms with E-state index in [9.17, 15) is 9.59 Å². The molecule has 0 saturated heterocycles. The molecule has 0 amide bonds. The van der Waals surface area contributed by atoms with Crippen molar-refractivity contribution in [1.29, 1.82) is 0 Å². The van der Waals surface area contributed by atoms with Crippen molar-refractivity contribution in [1.82, 2.24) is 38.7 Å². The first-order valence-corrected chi connectivity index (χ1v) is 15.5. The maximum Gasteiger partial charge on any atom is 0.330 e. The molecule has 0 saturated carbocycles. The van der Waals surface area contributed by atoms with Gasteiger partial charge < -0.3 is 4.57 Å². The van der Waals surface area contributed by atoms with Gasteiger partial charge in [-0.05, 0) is 56.4 Å². The van der Waals surface area contributed by atoms with E-state index in [4.69, 9.17) is 26.7 Å². The van der Waals surface area contributed by atoms with E-state index in [2.05, 4.69) is 30.7 Å². The summed E-state index contributed by atoms with van der Waals surface area (Å²) in [5.41, 5.74) is 4.00. The Morgan fingerprint density at radius 3 is 2.44 bits per heavy atom. The third-order valence-electron chi connectivity index (χ3n) is 7.34. The van der Waals surface area contributed by atoms with Crippen LogP contribution in [0.4, 0.5) is 0 Å². The summed E-state index contributed by atoms with van der Waals surface area (Å²) in [5, 5.41) is 5.95. The summed E-state index contributed by atoms with van der Waals surface area (Å²) >= 11 is 7.50. The monoisotopic (exact) mass is 594 g/mol. The van der Waals surface area contributed by atoms with E-state index < -0.39 is 11.2 Å². The predicted molar refractivity (Wildman–Crippen MR) is 163 cm³/mol. The topological polar surface area (TPSA) is 116 Å². The lowest BCUT2D eigenvalue weighted by atomic mass is 10.1. The average molecular weight is 595 g/mol. The molecule has 216 valence electrons. The lowest BCUT2D eigenvalue weighted by Crippen LogP contribution is -2.31. The van der Waals surface area contributed by atoms with E-state index in [0.717, 1.165) is 55.5 Å². The van der Waals surface area contributed by atoms with Crippen molar-refractivity contribution in [2.75, 3.05) is 0 Å². The van der Waals surface area contributed by atoms with Crippen molar-refractivity contribution in [3.63, 3.8) is 0 Å². The molecule has 0 radical (unpaired) electrons. The zero-order chi connectivity index (χ0) is 29.1. The van der Waals surface area contributed by atoms with E-state index in [1.807, 2.05) is 28.1 Å². The van der Waals surface area contributed by atoms with Gasteiger partial charge in [-0.3, -0.25) is 14.3 Å². The Morgan fingerprint density at radius 2 is 1.71 bits per heavy atom. The first-order chi connectivity index (χ1) is 19.8. The Morgan fingerprint density at radius 1 is 0.951 bits per heavy atom. The zero-order valence-corrected chi connectivity index (χ0v) is 25.5. The number of nitrogens with zero attached hydrogens (tertiary/aromatic N) is 7. The van der Waals surface area contributed by atoms with Gasteiger partial charge in [0.15, 0.2) is 11.2 Å². The molecule has 0 fully saturated rings. The van der Waals surface area contributed by atoms with Gasteiger partial charge in [-0.15, -0.1) is 5.10 Å². The van der Waals surface area contributed by atoms with Crippen molar-refractivity contribution in [2.24, 2.45) is 0 Å². The van der Waals surface area contributed by atoms with E-state index in [0.29, 0.717) is 45.2 Å². The molecular formula is C29H35ClN8O2S. The molecule has 41 heavy (non-hydrogen) atoms. The first-order valence-electron chi connectivity index (χ1n) is 14.1. The van der Waals surface area contributed by atoms with Gasteiger partial charge >= 0.3 is 5.69 Å². The Kier molecular flexibility index (Phi) is 8.94. The number of hydrogen-bond donors (Lipinski definition) is 1. The molecular weight excluding hydrogens is 560 g/mol. The Bertz CT molecular complexity index is 1800. The van der Waals surface area contributed by atoms with Gasteiger partial charge in [-0.25, -0.2) is 19.3 Å². The number of unbranched alkanes of at least 4 members (excludes halogenated alkanes) is 3. The quantitative estimate of drug-likeness (QED) is 0.150. The first kappa shape index (κ1) is 29.1. The minimum atomic E-state index is -0.493. The number of aryl methyl sites for hydroxylation is 3. The molecule has 0 spiro atoms. The van der Waals surface area contributed by atoms with Crippen LogP contribution in [0.15, 0.2) is 39.0 Å². The van der Waals surface area contributed by atoms with Gasteiger partial charge in [0.1, 0.15) is 5.82 Å². The number of halogens is 1. The number of aromatic nitrogens is 8. The fourth-order valence-corrected chi connectivity index (χ4v) is 5.99. The van der Waals surface area contributed by atoms with Gasteiger partial charge in [-0.2, -0.15) is 4.98 Å².